The summed E-state index contributed by atoms with van der Waals surface area (Å²) in [6, 6.07) is 3.17. The first-order valence-electron chi connectivity index (χ1n) is 6.19. The van der Waals surface area contributed by atoms with Crippen LogP contribution in [0.4, 0.5) is 0 Å². The zero-order valence-electron chi connectivity index (χ0n) is 11.4. The lowest BCUT2D eigenvalue weighted by molar-refractivity contribution is -0.0757. The van der Waals surface area contributed by atoms with Gasteiger partial charge in [-0.2, -0.15) is 4.98 Å². The number of hydrogen-bond acceptors (Lipinski definition) is 5. The quantitative estimate of drug-likeness (QED) is 0.758. The van der Waals surface area contributed by atoms with Crippen LogP contribution in [0.2, 0.25) is 0 Å². The van der Waals surface area contributed by atoms with Crippen LogP contribution in [0.1, 0.15) is 29.6 Å². The Morgan fingerprint density at radius 2 is 2.00 bits per heavy atom. The Morgan fingerprint density at radius 3 is 2.53 bits per heavy atom. The molecule has 1 amide bonds. The van der Waals surface area contributed by atoms with Crippen molar-refractivity contribution in [3.05, 3.63) is 17.7 Å². The predicted molar refractivity (Wildman–Crippen MR) is 68.2 cm³/mol. The minimum atomic E-state index is -0.276. The molecular formula is C13H18N2O4. The van der Waals surface area contributed by atoms with Gasteiger partial charge in [-0.1, -0.05) is 0 Å². The zero-order chi connectivity index (χ0) is 13.8. The molecular weight excluding hydrogens is 248 g/mol. The first-order chi connectivity index (χ1) is 9.13. The average Bonchev–Trinajstić information content (AvgIpc) is 2.40. The van der Waals surface area contributed by atoms with E-state index in [9.17, 15) is 4.79 Å². The summed E-state index contributed by atoms with van der Waals surface area (Å²) in [4.78, 5) is 21.1. The van der Waals surface area contributed by atoms with Crippen molar-refractivity contribution in [2.24, 2.45) is 0 Å². The average molecular weight is 266 g/mol. The number of amides is 1. The smallest absolute Gasteiger partial charge is 0.277 e. The molecule has 0 radical (unpaired) electrons. The maximum absolute atomic E-state index is 12.0. The Hall–Kier alpha value is -1.82. The first kappa shape index (κ1) is 13.6. The molecule has 0 aromatic carbocycles. The van der Waals surface area contributed by atoms with E-state index in [4.69, 9.17) is 14.3 Å². The van der Waals surface area contributed by atoms with E-state index in [1.807, 2.05) is 0 Å². The number of carbonyl (C=O) groups excluding carboxylic acids is 1. The first-order valence-corrected chi connectivity index (χ1v) is 6.19. The van der Waals surface area contributed by atoms with E-state index in [0.717, 1.165) is 17.9 Å². The third-order valence-corrected chi connectivity index (χ3v) is 3.13. The van der Waals surface area contributed by atoms with Crippen LogP contribution >= 0.6 is 0 Å². The number of methoxy groups -OCH3 is 1. The lowest BCUT2D eigenvalue weighted by Crippen LogP contribution is -2.27. The Labute approximate surface area is 112 Å². The second kappa shape index (κ2) is 5.88. The van der Waals surface area contributed by atoms with Crippen LogP contribution in [0.3, 0.4) is 0 Å². The van der Waals surface area contributed by atoms with E-state index in [2.05, 4.69) is 4.98 Å². The molecule has 19 heavy (non-hydrogen) atoms. The Kier molecular flexibility index (Phi) is 4.21. The number of rotatable bonds is 5. The van der Waals surface area contributed by atoms with E-state index in [-0.39, 0.29) is 12.0 Å². The molecule has 2 rings (SSSR count). The lowest BCUT2D eigenvalue weighted by atomic mass is 9.96. The van der Waals surface area contributed by atoms with Crippen molar-refractivity contribution >= 4 is 5.91 Å². The number of hydrogen-bond donors (Lipinski definition) is 0. The minimum absolute atomic E-state index is 0.197. The molecule has 0 bridgehead atoms. The van der Waals surface area contributed by atoms with Crippen LogP contribution in [-0.4, -0.2) is 43.3 Å². The number of hydroxylamine groups is 2. The van der Waals surface area contributed by atoms with Gasteiger partial charge in [-0.05, 0) is 19.3 Å². The molecule has 1 heterocycles. The number of pyridine rings is 1. The molecule has 0 spiro atoms. The largest absolute Gasteiger partial charge is 0.481 e. The fraction of sp³-hybridized carbons (Fsp3) is 0.538. The van der Waals surface area contributed by atoms with E-state index in [1.54, 1.807) is 19.2 Å². The van der Waals surface area contributed by atoms with Gasteiger partial charge < -0.3 is 9.47 Å². The van der Waals surface area contributed by atoms with E-state index >= 15 is 0 Å². The second-order valence-corrected chi connectivity index (χ2v) is 4.39. The van der Waals surface area contributed by atoms with Crippen molar-refractivity contribution in [1.82, 2.24) is 10.0 Å². The summed E-state index contributed by atoms with van der Waals surface area (Å²) >= 11 is 0. The van der Waals surface area contributed by atoms with E-state index in [0.29, 0.717) is 17.3 Å². The van der Waals surface area contributed by atoms with Gasteiger partial charge in [0.1, 0.15) is 6.10 Å². The second-order valence-electron chi connectivity index (χ2n) is 4.39. The van der Waals surface area contributed by atoms with Gasteiger partial charge in [-0.25, -0.2) is 5.06 Å². The lowest BCUT2D eigenvalue weighted by Gasteiger charge is -2.26. The fourth-order valence-electron chi connectivity index (χ4n) is 1.69. The van der Waals surface area contributed by atoms with Gasteiger partial charge in [0.05, 0.1) is 19.8 Å². The maximum Gasteiger partial charge on any atom is 0.277 e. The van der Waals surface area contributed by atoms with Crippen molar-refractivity contribution in [2.45, 2.75) is 25.4 Å². The van der Waals surface area contributed by atoms with Crippen molar-refractivity contribution in [1.29, 1.82) is 0 Å². The van der Waals surface area contributed by atoms with Gasteiger partial charge >= 0.3 is 0 Å². The molecule has 1 aromatic heterocycles. The summed E-state index contributed by atoms with van der Waals surface area (Å²) in [7, 11) is 4.48. The highest BCUT2D eigenvalue weighted by Gasteiger charge is 2.21. The number of nitrogens with zero attached hydrogens (tertiary/aromatic N) is 2. The third-order valence-electron chi connectivity index (χ3n) is 3.13. The van der Waals surface area contributed by atoms with Gasteiger partial charge in [0.15, 0.2) is 0 Å². The maximum atomic E-state index is 12.0. The van der Waals surface area contributed by atoms with Crippen molar-refractivity contribution in [3.63, 3.8) is 0 Å². The standard InChI is InChI=1S/C13H18N2O4/c1-15(18-3)13(16)9-7-11(17-2)14-12(8-9)19-10-5-4-6-10/h7-8,10H,4-6H2,1-3H3. The monoisotopic (exact) mass is 266 g/mol. The highest BCUT2D eigenvalue weighted by Crippen LogP contribution is 2.26. The summed E-state index contributed by atoms with van der Waals surface area (Å²) in [5.41, 5.74) is 0.422. The summed E-state index contributed by atoms with van der Waals surface area (Å²) < 4.78 is 10.8. The van der Waals surface area contributed by atoms with Gasteiger partial charge in [0.2, 0.25) is 11.8 Å². The Balaban J connectivity index is 2.21. The van der Waals surface area contributed by atoms with Crippen LogP contribution in [0.15, 0.2) is 12.1 Å². The topological polar surface area (TPSA) is 60.9 Å². The SMILES string of the molecule is COc1cc(C(=O)N(C)OC)cc(OC2CCC2)n1. The molecule has 1 aliphatic rings. The van der Waals surface area contributed by atoms with E-state index in [1.165, 1.54) is 20.6 Å². The summed E-state index contributed by atoms with van der Waals surface area (Å²) in [5, 5.41) is 1.14. The summed E-state index contributed by atoms with van der Waals surface area (Å²) in [5.74, 6) is 0.489. The van der Waals surface area contributed by atoms with Crippen LogP contribution in [0.5, 0.6) is 11.8 Å². The Morgan fingerprint density at radius 1 is 1.32 bits per heavy atom. The number of aromatic nitrogens is 1. The molecule has 1 aliphatic carbocycles. The molecule has 104 valence electrons. The molecule has 6 heteroatoms. The molecule has 0 saturated heterocycles. The van der Waals surface area contributed by atoms with Gasteiger partial charge in [0.25, 0.3) is 5.91 Å². The fourth-order valence-corrected chi connectivity index (χ4v) is 1.69. The highest BCUT2D eigenvalue weighted by atomic mass is 16.7. The van der Waals surface area contributed by atoms with Crippen molar-refractivity contribution < 1.29 is 19.1 Å². The predicted octanol–water partition coefficient (Wildman–Crippen LogP) is 1.65. The van der Waals surface area contributed by atoms with Crippen molar-refractivity contribution in [3.8, 4) is 11.8 Å². The molecule has 0 aliphatic heterocycles. The summed E-state index contributed by atoms with van der Waals surface area (Å²) in [6.07, 6.45) is 3.43. The zero-order valence-corrected chi connectivity index (χ0v) is 11.4. The minimum Gasteiger partial charge on any atom is -0.481 e. The summed E-state index contributed by atoms with van der Waals surface area (Å²) in [6.45, 7) is 0. The van der Waals surface area contributed by atoms with Crippen molar-refractivity contribution in [2.75, 3.05) is 21.3 Å². The normalized spacial score (nSPS) is 14.7. The van der Waals surface area contributed by atoms with Crippen LogP contribution in [-0.2, 0) is 4.84 Å². The number of ether oxygens (including phenoxy) is 2. The van der Waals surface area contributed by atoms with Crippen LogP contribution in [0, 0.1) is 0 Å². The Bertz CT molecular complexity index is 460. The molecule has 0 N–H and O–H groups in total. The highest BCUT2D eigenvalue weighted by molar-refractivity contribution is 5.93. The molecule has 0 unspecified atom stereocenters. The molecule has 1 saturated carbocycles. The van der Waals surface area contributed by atoms with Crippen LogP contribution < -0.4 is 9.47 Å². The molecule has 0 atom stereocenters. The van der Waals surface area contributed by atoms with Gasteiger partial charge in [0, 0.05) is 19.2 Å². The molecule has 1 fully saturated rings. The van der Waals surface area contributed by atoms with Gasteiger partial charge in [-0.3, -0.25) is 9.63 Å². The third kappa shape index (κ3) is 3.14. The van der Waals surface area contributed by atoms with Gasteiger partial charge in [-0.15, -0.1) is 0 Å². The molecule has 1 aromatic rings. The van der Waals surface area contributed by atoms with Crippen LogP contribution in [0.25, 0.3) is 0 Å². The van der Waals surface area contributed by atoms with E-state index < -0.39 is 0 Å². The molecule has 6 nitrogen and oxygen atoms in total. The number of carbonyl (C=O) groups is 1.